The number of halogens is 5. The Kier molecular flexibility index (Phi) is 8.04. The highest BCUT2D eigenvalue weighted by molar-refractivity contribution is 5.71. The molecule has 0 fully saturated rings. The van der Waals surface area contributed by atoms with Gasteiger partial charge in [0, 0.05) is 0 Å². The Morgan fingerprint density at radius 1 is 0.556 bits per heavy atom. The van der Waals surface area contributed by atoms with Crippen molar-refractivity contribution in [2.24, 2.45) is 0 Å². The second-order valence-electron chi connectivity index (χ2n) is 8.66. The van der Waals surface area contributed by atoms with Crippen molar-refractivity contribution in [3.8, 4) is 28.0 Å². The maximum atomic E-state index is 14.6. The molecule has 6 heteroatoms. The van der Waals surface area contributed by atoms with Crippen molar-refractivity contribution in [2.75, 3.05) is 0 Å². The van der Waals surface area contributed by atoms with Gasteiger partial charge in [0.05, 0.1) is 0 Å². The number of aryl methyl sites for hydroxylation is 1. The van der Waals surface area contributed by atoms with Crippen LogP contribution in [-0.4, -0.2) is 0 Å². The first-order valence-electron chi connectivity index (χ1n) is 11.8. The normalized spacial score (nSPS) is 11.1. The maximum Gasteiger partial charge on any atom is 0.194 e. The molecule has 4 aromatic rings. The summed E-state index contributed by atoms with van der Waals surface area (Å²) in [5.41, 5.74) is 4.16. The fraction of sp³-hybridized carbons (Fsp3) is 0.200. The molecule has 4 rings (SSSR count). The quantitative estimate of drug-likeness (QED) is 0.128. The standard InChI is InChI=1S/C30H25F5O/c1-2-3-4-5-19-6-8-21(9-7-19)22-10-12-23(13-11-22)24-16-27(33)30(28(34)17-24)36-18-20-14-25(31)29(35)26(32)15-20/h6-17H,2-5,18H2,1H3. The Morgan fingerprint density at radius 3 is 1.58 bits per heavy atom. The molecule has 186 valence electrons. The van der Waals surface area contributed by atoms with Crippen LogP contribution < -0.4 is 4.74 Å². The molecule has 0 unspecified atom stereocenters. The topological polar surface area (TPSA) is 9.23 Å². The molecule has 0 amide bonds. The van der Waals surface area contributed by atoms with Crippen molar-refractivity contribution in [1.82, 2.24) is 0 Å². The molecular weight excluding hydrogens is 471 g/mol. The number of hydrogen-bond donors (Lipinski definition) is 0. The van der Waals surface area contributed by atoms with Crippen molar-refractivity contribution < 1.29 is 26.7 Å². The van der Waals surface area contributed by atoms with E-state index < -0.39 is 41.4 Å². The van der Waals surface area contributed by atoms with Crippen LogP contribution in [-0.2, 0) is 13.0 Å². The summed E-state index contributed by atoms with van der Waals surface area (Å²) in [6.07, 6.45) is 4.63. The van der Waals surface area contributed by atoms with E-state index >= 15 is 0 Å². The van der Waals surface area contributed by atoms with Crippen LogP contribution in [0.5, 0.6) is 5.75 Å². The van der Waals surface area contributed by atoms with E-state index in [0.717, 1.165) is 29.7 Å². The van der Waals surface area contributed by atoms with Crippen molar-refractivity contribution >= 4 is 0 Å². The highest BCUT2D eigenvalue weighted by Gasteiger charge is 2.16. The van der Waals surface area contributed by atoms with Crippen molar-refractivity contribution in [3.05, 3.63) is 113 Å². The number of hydrogen-bond acceptors (Lipinski definition) is 1. The van der Waals surface area contributed by atoms with Gasteiger partial charge in [0.15, 0.2) is 34.8 Å². The summed E-state index contributed by atoms with van der Waals surface area (Å²) in [5, 5.41) is 0. The second-order valence-corrected chi connectivity index (χ2v) is 8.66. The zero-order valence-corrected chi connectivity index (χ0v) is 19.8. The lowest BCUT2D eigenvalue weighted by Gasteiger charge is -2.11. The smallest absolute Gasteiger partial charge is 0.194 e. The average Bonchev–Trinajstić information content (AvgIpc) is 2.87. The predicted molar refractivity (Wildman–Crippen MR) is 131 cm³/mol. The molecule has 0 atom stereocenters. The molecule has 0 saturated heterocycles. The van der Waals surface area contributed by atoms with E-state index in [1.54, 1.807) is 12.1 Å². The number of unbranched alkanes of at least 4 members (excludes halogenated alkanes) is 2. The van der Waals surface area contributed by atoms with Crippen LogP contribution in [0.15, 0.2) is 72.8 Å². The third kappa shape index (κ3) is 5.93. The summed E-state index contributed by atoms with van der Waals surface area (Å²) in [5.74, 6) is -7.04. The highest BCUT2D eigenvalue weighted by atomic mass is 19.2. The van der Waals surface area contributed by atoms with Crippen LogP contribution in [0.4, 0.5) is 22.0 Å². The highest BCUT2D eigenvalue weighted by Crippen LogP contribution is 2.31. The zero-order chi connectivity index (χ0) is 25.7. The molecule has 36 heavy (non-hydrogen) atoms. The average molecular weight is 497 g/mol. The van der Waals surface area contributed by atoms with E-state index in [4.69, 9.17) is 4.74 Å². The number of rotatable bonds is 9. The van der Waals surface area contributed by atoms with Gasteiger partial charge in [-0.05, 0) is 70.5 Å². The summed E-state index contributed by atoms with van der Waals surface area (Å²) >= 11 is 0. The summed E-state index contributed by atoms with van der Waals surface area (Å²) in [7, 11) is 0. The predicted octanol–water partition coefficient (Wildman–Crippen LogP) is 9.03. The molecule has 0 saturated carbocycles. The lowest BCUT2D eigenvalue weighted by atomic mass is 9.98. The number of benzene rings is 4. The fourth-order valence-corrected chi connectivity index (χ4v) is 4.01. The largest absolute Gasteiger partial charge is 0.483 e. The minimum Gasteiger partial charge on any atom is -0.483 e. The van der Waals surface area contributed by atoms with Crippen LogP contribution in [0, 0.1) is 29.1 Å². The van der Waals surface area contributed by atoms with Crippen LogP contribution in [0.1, 0.15) is 37.3 Å². The molecule has 0 heterocycles. The van der Waals surface area contributed by atoms with Gasteiger partial charge < -0.3 is 4.74 Å². The molecule has 0 aliphatic rings. The van der Waals surface area contributed by atoms with E-state index in [9.17, 15) is 22.0 Å². The fourth-order valence-electron chi connectivity index (χ4n) is 4.01. The van der Waals surface area contributed by atoms with E-state index in [1.807, 2.05) is 12.1 Å². The number of ether oxygens (including phenoxy) is 1. The van der Waals surface area contributed by atoms with Crippen LogP contribution in [0.3, 0.4) is 0 Å². The van der Waals surface area contributed by atoms with Crippen molar-refractivity contribution in [1.29, 1.82) is 0 Å². The molecule has 0 radical (unpaired) electrons. The molecule has 0 aromatic heterocycles. The third-order valence-electron chi connectivity index (χ3n) is 6.00. The lowest BCUT2D eigenvalue weighted by Crippen LogP contribution is -2.03. The summed E-state index contributed by atoms with van der Waals surface area (Å²) in [6.45, 7) is 1.65. The van der Waals surface area contributed by atoms with Crippen molar-refractivity contribution in [2.45, 2.75) is 39.2 Å². The van der Waals surface area contributed by atoms with Crippen LogP contribution in [0.25, 0.3) is 22.3 Å². The Labute approximate surface area is 207 Å². The Hall–Kier alpha value is -3.67. The third-order valence-corrected chi connectivity index (χ3v) is 6.00. The lowest BCUT2D eigenvalue weighted by molar-refractivity contribution is 0.272. The van der Waals surface area contributed by atoms with Gasteiger partial charge in [-0.2, -0.15) is 0 Å². The Morgan fingerprint density at radius 2 is 1.06 bits per heavy atom. The van der Waals surface area contributed by atoms with Gasteiger partial charge in [-0.15, -0.1) is 0 Å². The van der Waals surface area contributed by atoms with E-state index in [-0.39, 0.29) is 5.56 Å². The first-order chi connectivity index (χ1) is 17.4. The molecule has 1 nitrogen and oxygen atoms in total. The second kappa shape index (κ2) is 11.4. The van der Waals surface area contributed by atoms with Gasteiger partial charge in [-0.25, -0.2) is 22.0 Å². The SMILES string of the molecule is CCCCCc1ccc(-c2ccc(-c3cc(F)c(OCc4cc(F)c(F)c(F)c4)c(F)c3)cc2)cc1. The van der Waals surface area contributed by atoms with E-state index in [1.165, 1.54) is 24.8 Å². The maximum absolute atomic E-state index is 14.6. The monoisotopic (exact) mass is 496 g/mol. The van der Waals surface area contributed by atoms with Gasteiger partial charge in [0.25, 0.3) is 0 Å². The Bertz CT molecular complexity index is 1280. The molecular formula is C30H25F5O. The zero-order valence-electron chi connectivity index (χ0n) is 19.8. The molecule has 0 aliphatic carbocycles. The summed E-state index contributed by atoms with van der Waals surface area (Å²) < 4.78 is 74.2. The van der Waals surface area contributed by atoms with Gasteiger partial charge in [-0.1, -0.05) is 68.3 Å². The summed E-state index contributed by atoms with van der Waals surface area (Å²) in [6, 6.07) is 19.4. The molecule has 0 aliphatic heterocycles. The molecule has 0 spiro atoms. The van der Waals surface area contributed by atoms with Crippen molar-refractivity contribution in [3.63, 3.8) is 0 Å². The molecule has 0 bridgehead atoms. The molecule has 4 aromatic carbocycles. The van der Waals surface area contributed by atoms with Gasteiger partial charge >= 0.3 is 0 Å². The summed E-state index contributed by atoms with van der Waals surface area (Å²) in [4.78, 5) is 0. The first-order valence-corrected chi connectivity index (χ1v) is 11.8. The first kappa shape index (κ1) is 25.4. The minimum absolute atomic E-state index is 0.0983. The van der Waals surface area contributed by atoms with E-state index in [2.05, 4.69) is 31.2 Å². The van der Waals surface area contributed by atoms with Crippen LogP contribution in [0.2, 0.25) is 0 Å². The van der Waals surface area contributed by atoms with Gasteiger partial charge in [0.2, 0.25) is 0 Å². The van der Waals surface area contributed by atoms with Crippen LogP contribution >= 0.6 is 0 Å². The van der Waals surface area contributed by atoms with Gasteiger partial charge in [0.1, 0.15) is 6.61 Å². The van der Waals surface area contributed by atoms with E-state index in [0.29, 0.717) is 23.3 Å². The Balaban J connectivity index is 1.46. The molecule has 0 N–H and O–H groups in total. The minimum atomic E-state index is -1.62. The van der Waals surface area contributed by atoms with Gasteiger partial charge in [-0.3, -0.25) is 0 Å².